The van der Waals surface area contributed by atoms with Crippen molar-refractivity contribution in [2.45, 2.75) is 45.6 Å². The fourth-order valence-corrected chi connectivity index (χ4v) is 3.45. The number of hydrogen-bond acceptors (Lipinski definition) is 4. The Morgan fingerprint density at radius 3 is 2.48 bits per heavy atom. The maximum atomic E-state index is 12.5. The second-order valence-electron chi connectivity index (χ2n) is 6.57. The van der Waals surface area contributed by atoms with Crippen molar-refractivity contribution < 1.29 is 24.5 Å². The maximum Gasteiger partial charge on any atom is 0.312 e. The van der Waals surface area contributed by atoms with Gasteiger partial charge in [-0.15, -0.1) is 0 Å². The molecule has 2 N–H and O–H groups in total. The van der Waals surface area contributed by atoms with Gasteiger partial charge in [0.15, 0.2) is 0 Å². The second-order valence-corrected chi connectivity index (χ2v) is 6.57. The lowest BCUT2D eigenvalue weighted by Crippen LogP contribution is -2.56. The van der Waals surface area contributed by atoms with E-state index in [-0.39, 0.29) is 25.3 Å². The summed E-state index contributed by atoms with van der Waals surface area (Å²) in [5.74, 6) is -0.308. The number of ether oxygens (including phenoxy) is 1. The molecule has 0 aliphatic carbocycles. The summed E-state index contributed by atoms with van der Waals surface area (Å²) in [7, 11) is 0. The molecule has 6 heteroatoms. The molecule has 1 aromatic carbocycles. The van der Waals surface area contributed by atoms with Crippen LogP contribution in [0.4, 0.5) is 0 Å². The van der Waals surface area contributed by atoms with Crippen LogP contribution in [-0.2, 0) is 16.0 Å². The molecule has 1 fully saturated rings. The van der Waals surface area contributed by atoms with Gasteiger partial charge in [0, 0.05) is 13.1 Å². The first kappa shape index (κ1) is 19.2. The normalized spacial score (nSPS) is 23.3. The number of aliphatic carboxylic acids is 1. The average Bonchev–Trinajstić information content (AvgIpc) is 2.58. The lowest BCUT2D eigenvalue weighted by molar-refractivity contribution is -0.167. The van der Waals surface area contributed by atoms with Crippen LogP contribution in [0.25, 0.3) is 0 Å². The Balaban J connectivity index is 1.99. The van der Waals surface area contributed by atoms with Gasteiger partial charge in [-0.1, -0.05) is 25.5 Å². The van der Waals surface area contributed by atoms with Crippen LogP contribution in [-0.4, -0.2) is 52.8 Å². The van der Waals surface area contributed by atoms with E-state index in [1.807, 2.05) is 38.1 Å². The van der Waals surface area contributed by atoms with E-state index in [0.29, 0.717) is 26.0 Å². The topological polar surface area (TPSA) is 87.1 Å². The number of piperidine rings is 1. The first-order valence-electron chi connectivity index (χ1n) is 8.84. The number of carbonyl (C=O) groups is 2. The van der Waals surface area contributed by atoms with Crippen molar-refractivity contribution in [2.75, 3.05) is 19.7 Å². The Morgan fingerprint density at radius 2 is 1.96 bits per heavy atom. The lowest BCUT2D eigenvalue weighted by Gasteiger charge is -2.42. The summed E-state index contributed by atoms with van der Waals surface area (Å²) in [5.41, 5.74) is -0.267. The standard InChI is InChI=1S/C19H27NO5/c1-3-9-19(18(23)24)10-11-20(13-16(19)21)17(22)12-14-5-7-15(8-6-14)25-4-2/h5-8,16,21H,3-4,9-13H2,1-2H3,(H,23,24)/t16-,19+/m1/s1. The molecule has 1 heterocycles. The molecule has 0 bridgehead atoms. The number of carbonyl (C=O) groups excluding carboxylic acids is 1. The molecule has 25 heavy (non-hydrogen) atoms. The van der Waals surface area contributed by atoms with Crippen molar-refractivity contribution in [3.8, 4) is 5.75 Å². The van der Waals surface area contributed by atoms with Crippen molar-refractivity contribution >= 4 is 11.9 Å². The van der Waals surface area contributed by atoms with Crippen LogP contribution in [0.2, 0.25) is 0 Å². The van der Waals surface area contributed by atoms with Crippen molar-refractivity contribution in [1.82, 2.24) is 4.90 Å². The lowest BCUT2D eigenvalue weighted by atomic mass is 9.72. The summed E-state index contributed by atoms with van der Waals surface area (Å²) in [5, 5.41) is 20.0. The van der Waals surface area contributed by atoms with Gasteiger partial charge < -0.3 is 19.8 Å². The predicted octanol–water partition coefficient (Wildman–Crippen LogP) is 2.09. The highest BCUT2D eigenvalue weighted by atomic mass is 16.5. The van der Waals surface area contributed by atoms with Crippen molar-refractivity contribution in [2.24, 2.45) is 5.41 Å². The molecule has 0 aromatic heterocycles. The minimum absolute atomic E-state index is 0.0716. The molecule has 6 nitrogen and oxygen atoms in total. The fraction of sp³-hybridized carbons (Fsp3) is 0.579. The number of hydrogen-bond donors (Lipinski definition) is 2. The summed E-state index contributed by atoms with van der Waals surface area (Å²) in [4.78, 5) is 25.7. The summed E-state index contributed by atoms with van der Waals surface area (Å²) in [6.45, 7) is 4.84. The number of rotatable bonds is 7. The molecule has 1 saturated heterocycles. The van der Waals surface area contributed by atoms with Gasteiger partial charge in [-0.3, -0.25) is 9.59 Å². The number of carboxylic acid groups (broad SMARTS) is 1. The van der Waals surface area contributed by atoms with Gasteiger partial charge in [0.25, 0.3) is 0 Å². The summed E-state index contributed by atoms with van der Waals surface area (Å²) in [6, 6.07) is 7.35. The molecule has 0 saturated carbocycles. The van der Waals surface area contributed by atoms with Crippen LogP contribution in [0.1, 0.15) is 38.7 Å². The fourth-order valence-electron chi connectivity index (χ4n) is 3.45. The van der Waals surface area contributed by atoms with Crippen molar-refractivity contribution in [3.05, 3.63) is 29.8 Å². The number of carboxylic acids is 1. The van der Waals surface area contributed by atoms with Crippen LogP contribution >= 0.6 is 0 Å². The van der Waals surface area contributed by atoms with Gasteiger partial charge in [-0.2, -0.15) is 0 Å². The Labute approximate surface area is 148 Å². The molecule has 1 amide bonds. The number of benzene rings is 1. The third-order valence-corrected chi connectivity index (χ3v) is 4.92. The van der Waals surface area contributed by atoms with Gasteiger partial charge >= 0.3 is 5.97 Å². The molecule has 1 aliphatic rings. The first-order chi connectivity index (χ1) is 11.9. The smallest absolute Gasteiger partial charge is 0.312 e. The Kier molecular flexibility index (Phi) is 6.42. The van der Waals surface area contributed by atoms with E-state index < -0.39 is 17.5 Å². The van der Waals surface area contributed by atoms with Gasteiger partial charge in [0.2, 0.25) is 5.91 Å². The molecular weight excluding hydrogens is 322 g/mol. The highest BCUT2D eigenvalue weighted by molar-refractivity contribution is 5.80. The number of likely N-dealkylation sites (tertiary alicyclic amines) is 1. The third-order valence-electron chi connectivity index (χ3n) is 4.92. The molecule has 0 unspecified atom stereocenters. The highest BCUT2D eigenvalue weighted by Crippen LogP contribution is 2.37. The Hall–Kier alpha value is -2.08. The SMILES string of the molecule is CCC[C@]1(C(=O)O)CCN(C(=O)Cc2ccc(OCC)cc2)C[C@H]1O. The number of aliphatic hydroxyl groups excluding tert-OH is 1. The summed E-state index contributed by atoms with van der Waals surface area (Å²) in [6.07, 6.45) is 0.579. The van der Waals surface area contributed by atoms with Gasteiger partial charge in [0.05, 0.1) is 24.5 Å². The van der Waals surface area contributed by atoms with Crippen molar-refractivity contribution in [1.29, 1.82) is 0 Å². The van der Waals surface area contributed by atoms with E-state index >= 15 is 0 Å². The molecule has 0 spiro atoms. The summed E-state index contributed by atoms with van der Waals surface area (Å²) >= 11 is 0. The highest BCUT2D eigenvalue weighted by Gasteiger charge is 2.48. The largest absolute Gasteiger partial charge is 0.494 e. The maximum absolute atomic E-state index is 12.5. The molecule has 1 aromatic rings. The molecule has 2 atom stereocenters. The minimum atomic E-state index is -1.13. The number of amides is 1. The number of nitrogens with zero attached hydrogens (tertiary/aromatic N) is 1. The predicted molar refractivity (Wildman–Crippen MR) is 93.5 cm³/mol. The first-order valence-corrected chi connectivity index (χ1v) is 8.84. The van der Waals surface area contributed by atoms with Crippen LogP contribution in [0.5, 0.6) is 5.75 Å². The molecule has 1 aliphatic heterocycles. The van der Waals surface area contributed by atoms with E-state index in [4.69, 9.17) is 4.74 Å². The minimum Gasteiger partial charge on any atom is -0.494 e. The Bertz CT molecular complexity index is 600. The third kappa shape index (κ3) is 4.31. The quantitative estimate of drug-likeness (QED) is 0.787. The van der Waals surface area contributed by atoms with Crippen LogP contribution in [0.15, 0.2) is 24.3 Å². The van der Waals surface area contributed by atoms with E-state index in [2.05, 4.69) is 0 Å². The summed E-state index contributed by atoms with van der Waals surface area (Å²) < 4.78 is 5.38. The second kappa shape index (κ2) is 8.34. The zero-order valence-electron chi connectivity index (χ0n) is 14.9. The van der Waals surface area contributed by atoms with Crippen LogP contribution in [0, 0.1) is 5.41 Å². The molecule has 0 radical (unpaired) electrons. The van der Waals surface area contributed by atoms with Gasteiger partial charge in [-0.25, -0.2) is 0 Å². The van der Waals surface area contributed by atoms with Crippen LogP contribution < -0.4 is 4.74 Å². The number of aliphatic hydroxyl groups is 1. The monoisotopic (exact) mass is 349 g/mol. The molecule has 2 rings (SSSR count). The number of β-amino-alcohol motifs (C(OH)–C–C–N with tert-alkyl or cyclic N) is 1. The van der Waals surface area contributed by atoms with E-state index in [1.54, 1.807) is 4.90 Å². The van der Waals surface area contributed by atoms with E-state index in [9.17, 15) is 19.8 Å². The van der Waals surface area contributed by atoms with Gasteiger partial charge in [-0.05, 0) is 37.5 Å². The molecular formula is C19H27NO5. The zero-order chi connectivity index (χ0) is 18.4. The average molecular weight is 349 g/mol. The van der Waals surface area contributed by atoms with E-state index in [1.165, 1.54) is 0 Å². The zero-order valence-corrected chi connectivity index (χ0v) is 14.9. The van der Waals surface area contributed by atoms with E-state index in [0.717, 1.165) is 11.3 Å². The molecule has 138 valence electrons. The Morgan fingerprint density at radius 1 is 1.28 bits per heavy atom. The van der Waals surface area contributed by atoms with Crippen molar-refractivity contribution in [3.63, 3.8) is 0 Å². The van der Waals surface area contributed by atoms with Gasteiger partial charge in [0.1, 0.15) is 5.75 Å². The van der Waals surface area contributed by atoms with Crippen LogP contribution in [0.3, 0.4) is 0 Å².